The maximum absolute atomic E-state index is 13.0. The van der Waals surface area contributed by atoms with E-state index in [4.69, 9.17) is 28.3 Å². The molecule has 0 atom stereocenters. The Balaban J connectivity index is 1.76. The Hall–Kier alpha value is -1.48. The predicted octanol–water partition coefficient (Wildman–Crippen LogP) is 5.86. The first-order valence-electron chi connectivity index (χ1n) is 8.77. The monoisotopic (exact) mass is 459 g/mol. The number of thiazole rings is 1. The van der Waals surface area contributed by atoms with Crippen LogP contribution in [0, 0.1) is 5.92 Å². The van der Waals surface area contributed by atoms with E-state index < -0.39 is 5.97 Å². The number of nitrogens with zero attached hydrogens (tertiary/aromatic N) is 2. The van der Waals surface area contributed by atoms with Crippen molar-refractivity contribution >= 4 is 69.1 Å². The van der Waals surface area contributed by atoms with E-state index in [1.165, 1.54) is 24.2 Å². The van der Waals surface area contributed by atoms with E-state index in [-0.39, 0.29) is 11.8 Å². The van der Waals surface area contributed by atoms with E-state index in [2.05, 4.69) is 10.3 Å². The summed E-state index contributed by atoms with van der Waals surface area (Å²) < 4.78 is 0.723. The summed E-state index contributed by atoms with van der Waals surface area (Å²) in [5.41, 5.74) is 0.565. The molecule has 0 saturated heterocycles. The van der Waals surface area contributed by atoms with Gasteiger partial charge in [0.05, 0.1) is 31.9 Å². The molecule has 1 heterocycles. The van der Waals surface area contributed by atoms with Crippen molar-refractivity contribution in [2.45, 2.75) is 29.9 Å². The minimum Gasteiger partial charge on any atom is -0.481 e. The number of benzene rings is 1. The van der Waals surface area contributed by atoms with Gasteiger partial charge in [-0.25, -0.2) is 9.78 Å². The van der Waals surface area contributed by atoms with Gasteiger partial charge >= 0.3 is 12.0 Å². The zero-order valence-electron chi connectivity index (χ0n) is 14.9. The molecule has 28 heavy (non-hydrogen) atoms. The maximum Gasteiger partial charge on any atom is 0.328 e. The van der Waals surface area contributed by atoms with E-state index in [1.807, 2.05) is 0 Å². The van der Waals surface area contributed by atoms with Crippen molar-refractivity contribution in [1.29, 1.82) is 0 Å². The number of carbonyl (C=O) groups is 2. The average Bonchev–Trinajstić information content (AvgIpc) is 3.32. The Morgan fingerprint density at radius 1 is 1.32 bits per heavy atom. The zero-order valence-corrected chi connectivity index (χ0v) is 18.0. The van der Waals surface area contributed by atoms with Crippen molar-refractivity contribution in [3.63, 3.8) is 0 Å². The molecule has 1 saturated carbocycles. The number of aliphatic carboxylic acids is 1. The summed E-state index contributed by atoms with van der Waals surface area (Å²) in [6.45, 7) is 0.553. The fraction of sp³-hybridized carbons (Fsp3) is 0.389. The topological polar surface area (TPSA) is 82.5 Å². The van der Waals surface area contributed by atoms with Crippen LogP contribution in [0.5, 0.6) is 0 Å². The first-order valence-corrected chi connectivity index (χ1v) is 11.3. The number of carbonyl (C=O) groups excluding carboxylic acids is 1. The van der Waals surface area contributed by atoms with Crippen molar-refractivity contribution in [2.24, 2.45) is 5.92 Å². The number of hydrogen-bond acceptors (Lipinski definition) is 5. The van der Waals surface area contributed by atoms with Gasteiger partial charge < -0.3 is 5.11 Å². The third-order valence-corrected chi connectivity index (χ3v) is 7.32. The maximum atomic E-state index is 13.0. The normalized spacial score (nSPS) is 14.2. The van der Waals surface area contributed by atoms with Crippen LogP contribution >= 0.6 is 46.3 Å². The summed E-state index contributed by atoms with van der Waals surface area (Å²) in [6, 6.07) is 4.90. The summed E-state index contributed by atoms with van der Waals surface area (Å²) >= 11 is 14.9. The van der Waals surface area contributed by atoms with E-state index in [0.29, 0.717) is 33.3 Å². The molecule has 3 rings (SSSR count). The molecule has 1 aliphatic rings. The van der Waals surface area contributed by atoms with Crippen molar-refractivity contribution in [2.75, 3.05) is 22.5 Å². The van der Waals surface area contributed by atoms with Crippen LogP contribution in [0.2, 0.25) is 10.0 Å². The summed E-state index contributed by atoms with van der Waals surface area (Å²) in [5.74, 6) is -0.539. The van der Waals surface area contributed by atoms with Gasteiger partial charge in [0, 0.05) is 6.54 Å². The lowest BCUT2D eigenvalue weighted by atomic mass is 10.1. The summed E-state index contributed by atoms with van der Waals surface area (Å²) in [6.07, 6.45) is 6.05. The Kier molecular flexibility index (Phi) is 7.45. The number of nitrogens with one attached hydrogen (secondary N) is 1. The van der Waals surface area contributed by atoms with Gasteiger partial charge in [0.1, 0.15) is 0 Å². The molecule has 2 aromatic rings. The molecule has 1 aromatic heterocycles. The largest absolute Gasteiger partial charge is 0.481 e. The number of anilines is 2. The van der Waals surface area contributed by atoms with Gasteiger partial charge in [-0.05, 0) is 30.9 Å². The smallest absolute Gasteiger partial charge is 0.328 e. The third kappa shape index (κ3) is 5.53. The molecule has 0 bridgehead atoms. The predicted molar refractivity (Wildman–Crippen MR) is 115 cm³/mol. The standard InChI is InChI=1S/C18H19Cl2N3O3S2/c19-12-6-3-7-13(16(12)20)23(9-11-4-1-2-5-11)18(26)22-17-21-8-15(28-17)27-10-14(24)25/h3,6-8,11H,1-2,4-5,9-10H2,(H,24,25)(H,21,22,26). The van der Waals surface area contributed by atoms with Crippen LogP contribution in [-0.4, -0.2) is 34.4 Å². The van der Waals surface area contributed by atoms with Crippen LogP contribution < -0.4 is 10.2 Å². The number of aromatic nitrogens is 1. The van der Waals surface area contributed by atoms with E-state index in [9.17, 15) is 9.59 Å². The average molecular weight is 460 g/mol. The van der Waals surface area contributed by atoms with Gasteiger partial charge in [0.25, 0.3) is 0 Å². The highest BCUT2D eigenvalue weighted by Crippen LogP contribution is 2.35. The van der Waals surface area contributed by atoms with Gasteiger partial charge in [-0.1, -0.05) is 53.4 Å². The van der Waals surface area contributed by atoms with Crippen LogP contribution in [0.3, 0.4) is 0 Å². The van der Waals surface area contributed by atoms with Crippen LogP contribution in [0.4, 0.5) is 15.6 Å². The number of thioether (sulfide) groups is 1. The van der Waals surface area contributed by atoms with Crippen molar-refractivity contribution in [3.8, 4) is 0 Å². The molecule has 0 radical (unpaired) electrons. The molecule has 1 aliphatic carbocycles. The van der Waals surface area contributed by atoms with Gasteiger partial charge in [-0.15, -0.1) is 11.8 Å². The number of amides is 2. The van der Waals surface area contributed by atoms with Crippen LogP contribution in [0.15, 0.2) is 28.6 Å². The highest BCUT2D eigenvalue weighted by Gasteiger charge is 2.26. The lowest BCUT2D eigenvalue weighted by Gasteiger charge is -2.26. The van der Waals surface area contributed by atoms with Crippen molar-refractivity contribution in [3.05, 3.63) is 34.4 Å². The number of halogens is 2. The molecular weight excluding hydrogens is 441 g/mol. The summed E-state index contributed by atoms with van der Waals surface area (Å²) in [7, 11) is 0. The highest BCUT2D eigenvalue weighted by atomic mass is 35.5. The molecule has 2 amide bonds. The molecule has 0 spiro atoms. The molecule has 2 N–H and O–H groups in total. The number of urea groups is 1. The number of rotatable bonds is 7. The molecular formula is C18H19Cl2N3O3S2. The van der Waals surface area contributed by atoms with Crippen molar-refractivity contribution < 1.29 is 14.7 Å². The fourth-order valence-electron chi connectivity index (χ4n) is 3.12. The first-order chi connectivity index (χ1) is 13.4. The number of carboxylic acids is 1. The second-order valence-corrected chi connectivity index (χ2v) is 9.52. The number of hydrogen-bond donors (Lipinski definition) is 2. The van der Waals surface area contributed by atoms with E-state index in [0.717, 1.165) is 28.8 Å². The molecule has 0 aliphatic heterocycles. The second kappa shape index (κ2) is 9.82. The Bertz CT molecular complexity index is 856. The summed E-state index contributed by atoms with van der Waals surface area (Å²) in [4.78, 5) is 29.5. The molecule has 150 valence electrons. The Morgan fingerprint density at radius 3 is 2.79 bits per heavy atom. The summed E-state index contributed by atoms with van der Waals surface area (Å²) in [5, 5.41) is 12.7. The SMILES string of the molecule is O=C(O)CSc1cnc(NC(=O)N(CC2CCCC2)c2cccc(Cl)c2Cl)s1. The highest BCUT2D eigenvalue weighted by molar-refractivity contribution is 8.01. The lowest BCUT2D eigenvalue weighted by molar-refractivity contribution is -0.133. The van der Waals surface area contributed by atoms with E-state index >= 15 is 0 Å². The molecule has 10 heteroatoms. The van der Waals surface area contributed by atoms with Gasteiger partial charge in [0.15, 0.2) is 5.13 Å². The van der Waals surface area contributed by atoms with E-state index in [1.54, 1.807) is 29.3 Å². The van der Waals surface area contributed by atoms with Gasteiger partial charge in [0.2, 0.25) is 0 Å². The first kappa shape index (κ1) is 21.2. The second-order valence-electron chi connectivity index (χ2n) is 6.43. The van der Waals surface area contributed by atoms with Crippen molar-refractivity contribution in [1.82, 2.24) is 4.98 Å². The quantitative estimate of drug-likeness (QED) is 0.506. The van der Waals surface area contributed by atoms with Crippen LogP contribution in [0.25, 0.3) is 0 Å². The molecule has 0 unspecified atom stereocenters. The number of carboxylic acid groups (broad SMARTS) is 1. The fourth-order valence-corrected chi connectivity index (χ4v) is 5.10. The van der Waals surface area contributed by atoms with Crippen LogP contribution in [-0.2, 0) is 4.79 Å². The molecule has 1 aromatic carbocycles. The minimum atomic E-state index is -0.901. The Morgan fingerprint density at radius 2 is 2.07 bits per heavy atom. The van der Waals surface area contributed by atoms with Gasteiger partial charge in [-0.3, -0.25) is 15.0 Å². The Labute approximate surface area is 181 Å². The lowest BCUT2D eigenvalue weighted by Crippen LogP contribution is -2.38. The zero-order chi connectivity index (χ0) is 20.1. The molecule has 6 nitrogen and oxygen atoms in total. The van der Waals surface area contributed by atoms with Crippen LogP contribution in [0.1, 0.15) is 25.7 Å². The molecule has 1 fully saturated rings. The third-order valence-electron chi connectivity index (χ3n) is 4.42. The van der Waals surface area contributed by atoms with Gasteiger partial charge in [-0.2, -0.15) is 0 Å². The minimum absolute atomic E-state index is 0.0541.